The SMILES string of the molecule is CC(C)(C)OC1=C=NC1. The van der Waals surface area contributed by atoms with Crippen molar-refractivity contribution in [2.45, 2.75) is 26.4 Å². The maximum absolute atomic E-state index is 5.39. The van der Waals surface area contributed by atoms with Crippen molar-refractivity contribution in [2.24, 2.45) is 4.99 Å². The van der Waals surface area contributed by atoms with Gasteiger partial charge in [0.2, 0.25) is 0 Å². The maximum atomic E-state index is 5.39. The average molecular weight is 125 g/mol. The largest absolute Gasteiger partial charge is 0.481 e. The molecule has 2 heteroatoms. The summed E-state index contributed by atoms with van der Waals surface area (Å²) in [4.78, 5) is 3.77. The van der Waals surface area contributed by atoms with Gasteiger partial charge in [0.1, 0.15) is 12.1 Å². The van der Waals surface area contributed by atoms with Crippen LogP contribution in [-0.4, -0.2) is 18.0 Å². The molecule has 0 fully saturated rings. The summed E-state index contributed by atoms with van der Waals surface area (Å²) in [5, 5.41) is 0. The normalized spacial score (nSPS) is 16.6. The third-order valence-corrected chi connectivity index (χ3v) is 0.856. The monoisotopic (exact) mass is 125 g/mol. The van der Waals surface area contributed by atoms with Gasteiger partial charge in [0.15, 0.2) is 5.76 Å². The molecule has 0 aromatic rings. The van der Waals surface area contributed by atoms with Crippen molar-refractivity contribution < 1.29 is 4.74 Å². The van der Waals surface area contributed by atoms with Crippen LogP contribution in [0.3, 0.4) is 0 Å². The van der Waals surface area contributed by atoms with Crippen LogP contribution in [0.5, 0.6) is 0 Å². The van der Waals surface area contributed by atoms with Crippen LogP contribution >= 0.6 is 0 Å². The fourth-order valence-electron chi connectivity index (χ4n) is 0.568. The highest BCUT2D eigenvalue weighted by atomic mass is 16.5. The van der Waals surface area contributed by atoms with E-state index in [0.717, 1.165) is 5.76 Å². The number of hydrogen-bond acceptors (Lipinski definition) is 2. The molecule has 1 aliphatic heterocycles. The predicted octanol–water partition coefficient (Wildman–Crippen LogP) is 1.37. The molecule has 0 bridgehead atoms. The topological polar surface area (TPSA) is 21.6 Å². The minimum absolute atomic E-state index is 0.0850. The van der Waals surface area contributed by atoms with Gasteiger partial charge in [-0.2, -0.15) is 0 Å². The Bertz CT molecular complexity index is 170. The second-order valence-corrected chi connectivity index (χ2v) is 3.07. The van der Waals surface area contributed by atoms with Crippen LogP contribution in [0.15, 0.2) is 10.8 Å². The number of aliphatic imine (C=N–C) groups is 1. The minimum Gasteiger partial charge on any atom is -0.481 e. The van der Waals surface area contributed by atoms with Crippen LogP contribution in [0.2, 0.25) is 0 Å². The Morgan fingerprint density at radius 1 is 1.56 bits per heavy atom. The molecule has 1 rings (SSSR count). The molecule has 1 heterocycles. The predicted molar refractivity (Wildman–Crippen MR) is 36.7 cm³/mol. The smallest absolute Gasteiger partial charge is 0.179 e. The summed E-state index contributed by atoms with van der Waals surface area (Å²) < 4.78 is 5.39. The van der Waals surface area contributed by atoms with Gasteiger partial charge >= 0.3 is 0 Å². The molecule has 0 radical (unpaired) electrons. The van der Waals surface area contributed by atoms with Crippen molar-refractivity contribution >= 4 is 5.87 Å². The first-order chi connectivity index (χ1) is 4.08. The Hall–Kier alpha value is -0.750. The highest BCUT2D eigenvalue weighted by Gasteiger charge is 2.15. The van der Waals surface area contributed by atoms with Crippen LogP contribution in [0.4, 0.5) is 0 Å². The third kappa shape index (κ3) is 1.90. The highest BCUT2D eigenvalue weighted by Crippen LogP contribution is 2.13. The Balaban J connectivity index is 2.43. The first-order valence-electron chi connectivity index (χ1n) is 3.05. The van der Waals surface area contributed by atoms with Gasteiger partial charge < -0.3 is 4.74 Å². The van der Waals surface area contributed by atoms with Crippen molar-refractivity contribution in [1.29, 1.82) is 0 Å². The van der Waals surface area contributed by atoms with E-state index in [0.29, 0.717) is 6.54 Å². The molecule has 0 N–H and O–H groups in total. The van der Waals surface area contributed by atoms with E-state index in [9.17, 15) is 0 Å². The third-order valence-electron chi connectivity index (χ3n) is 0.856. The second kappa shape index (κ2) is 1.89. The van der Waals surface area contributed by atoms with E-state index in [1.807, 2.05) is 20.8 Å². The molecule has 0 aromatic heterocycles. The molecule has 9 heavy (non-hydrogen) atoms. The fraction of sp³-hybridized carbons (Fsp3) is 0.714. The summed E-state index contributed by atoms with van der Waals surface area (Å²) in [5.74, 6) is 3.60. The van der Waals surface area contributed by atoms with Gasteiger partial charge in [-0.05, 0) is 20.8 Å². The van der Waals surface area contributed by atoms with Crippen LogP contribution in [0, 0.1) is 0 Å². The van der Waals surface area contributed by atoms with Gasteiger partial charge in [-0.15, -0.1) is 0 Å². The van der Waals surface area contributed by atoms with E-state index < -0.39 is 0 Å². The summed E-state index contributed by atoms with van der Waals surface area (Å²) >= 11 is 0. The Labute approximate surface area is 55.2 Å². The summed E-state index contributed by atoms with van der Waals surface area (Å²) in [7, 11) is 0. The van der Waals surface area contributed by atoms with E-state index in [1.165, 1.54) is 0 Å². The molecule has 0 saturated carbocycles. The van der Waals surface area contributed by atoms with E-state index in [2.05, 4.69) is 10.9 Å². The molecule has 0 saturated heterocycles. The van der Waals surface area contributed by atoms with Crippen molar-refractivity contribution in [3.05, 3.63) is 5.76 Å². The zero-order valence-corrected chi connectivity index (χ0v) is 6.06. The van der Waals surface area contributed by atoms with Crippen LogP contribution < -0.4 is 0 Å². The molecular formula is C7H11NO. The highest BCUT2D eigenvalue weighted by molar-refractivity contribution is 5.62. The van der Waals surface area contributed by atoms with Crippen LogP contribution in [0.1, 0.15) is 20.8 Å². The molecule has 0 aromatic carbocycles. The molecule has 50 valence electrons. The number of ether oxygens (including phenoxy) is 1. The van der Waals surface area contributed by atoms with Gasteiger partial charge in [0.05, 0.1) is 0 Å². The average Bonchev–Trinajstić information content (AvgIpc) is 1.53. The Morgan fingerprint density at radius 2 is 2.11 bits per heavy atom. The zero-order chi connectivity index (χ0) is 6.91. The molecule has 0 amide bonds. The van der Waals surface area contributed by atoms with E-state index in [-0.39, 0.29) is 5.60 Å². The fourth-order valence-corrected chi connectivity index (χ4v) is 0.568. The summed E-state index contributed by atoms with van der Waals surface area (Å²) in [6.07, 6.45) is 0. The van der Waals surface area contributed by atoms with Gasteiger partial charge in [-0.1, -0.05) is 0 Å². The lowest BCUT2D eigenvalue weighted by atomic mass is 10.2. The summed E-state index contributed by atoms with van der Waals surface area (Å²) in [5.41, 5.74) is -0.0850. The lowest BCUT2D eigenvalue weighted by molar-refractivity contribution is 0.0521. The number of nitrogens with zero attached hydrogens (tertiary/aromatic N) is 1. The van der Waals surface area contributed by atoms with Crippen molar-refractivity contribution in [3.63, 3.8) is 0 Å². The molecular weight excluding hydrogens is 114 g/mol. The molecule has 2 nitrogen and oxygen atoms in total. The molecule has 0 unspecified atom stereocenters. The lowest BCUT2D eigenvalue weighted by Crippen LogP contribution is -2.21. The van der Waals surface area contributed by atoms with Gasteiger partial charge in [0.25, 0.3) is 0 Å². The molecule has 0 aliphatic carbocycles. The standard InChI is InChI=1S/C7H11NO/c1-7(2,3)9-6-4-8-5-6/h4H2,1-3H3. The Morgan fingerprint density at radius 3 is 2.22 bits per heavy atom. The van der Waals surface area contributed by atoms with Gasteiger partial charge in [-0.3, -0.25) is 0 Å². The van der Waals surface area contributed by atoms with Crippen molar-refractivity contribution in [3.8, 4) is 0 Å². The first-order valence-corrected chi connectivity index (χ1v) is 3.05. The maximum Gasteiger partial charge on any atom is 0.179 e. The number of hydrogen-bond donors (Lipinski definition) is 0. The van der Waals surface area contributed by atoms with E-state index >= 15 is 0 Å². The number of rotatable bonds is 1. The van der Waals surface area contributed by atoms with Crippen LogP contribution in [0.25, 0.3) is 0 Å². The van der Waals surface area contributed by atoms with Gasteiger partial charge in [0, 0.05) is 5.87 Å². The van der Waals surface area contributed by atoms with E-state index in [1.54, 1.807) is 0 Å². The molecule has 0 atom stereocenters. The quantitative estimate of drug-likeness (QED) is 0.518. The van der Waals surface area contributed by atoms with Crippen LogP contribution in [-0.2, 0) is 4.74 Å². The summed E-state index contributed by atoms with van der Waals surface area (Å²) in [6.45, 7) is 6.75. The lowest BCUT2D eigenvalue weighted by Gasteiger charge is -2.22. The minimum atomic E-state index is -0.0850. The summed E-state index contributed by atoms with van der Waals surface area (Å²) in [6, 6.07) is 0. The van der Waals surface area contributed by atoms with E-state index in [4.69, 9.17) is 4.74 Å². The first kappa shape index (κ1) is 6.37. The molecule has 0 spiro atoms. The molecule has 1 aliphatic rings. The Kier molecular flexibility index (Phi) is 1.34. The van der Waals surface area contributed by atoms with Crippen molar-refractivity contribution in [2.75, 3.05) is 6.54 Å². The van der Waals surface area contributed by atoms with Crippen molar-refractivity contribution in [1.82, 2.24) is 0 Å². The zero-order valence-electron chi connectivity index (χ0n) is 6.06. The van der Waals surface area contributed by atoms with Gasteiger partial charge in [-0.25, -0.2) is 4.99 Å². The second-order valence-electron chi connectivity index (χ2n) is 3.07.